The molecule has 1 aromatic heterocycles. The SMILES string of the molecule is Brc1ccc(-c2nc(-c3cccc(Br)c3)nc3ccc4ccccc4c23)cc1. The second-order valence-corrected chi connectivity index (χ2v) is 8.43. The molecule has 0 aliphatic carbocycles. The second-order valence-electron chi connectivity index (χ2n) is 6.59. The Morgan fingerprint density at radius 2 is 1.43 bits per heavy atom. The van der Waals surface area contributed by atoms with Crippen molar-refractivity contribution in [2.24, 2.45) is 0 Å². The van der Waals surface area contributed by atoms with Crippen LogP contribution in [0.2, 0.25) is 0 Å². The van der Waals surface area contributed by atoms with E-state index in [-0.39, 0.29) is 0 Å². The molecule has 0 saturated heterocycles. The molecule has 0 N–H and O–H groups in total. The second kappa shape index (κ2) is 7.12. The van der Waals surface area contributed by atoms with Crippen molar-refractivity contribution in [3.63, 3.8) is 0 Å². The highest BCUT2D eigenvalue weighted by atomic mass is 79.9. The van der Waals surface area contributed by atoms with Gasteiger partial charge in [-0.15, -0.1) is 0 Å². The van der Waals surface area contributed by atoms with E-state index in [1.54, 1.807) is 0 Å². The average molecular weight is 490 g/mol. The van der Waals surface area contributed by atoms with Crippen molar-refractivity contribution >= 4 is 53.5 Å². The molecule has 0 fully saturated rings. The lowest BCUT2D eigenvalue weighted by Gasteiger charge is -2.12. The summed E-state index contributed by atoms with van der Waals surface area (Å²) in [7, 11) is 0. The van der Waals surface area contributed by atoms with Gasteiger partial charge in [-0.25, -0.2) is 9.97 Å². The van der Waals surface area contributed by atoms with E-state index in [0.29, 0.717) is 0 Å². The first-order valence-corrected chi connectivity index (χ1v) is 10.5. The average Bonchev–Trinajstić information content (AvgIpc) is 2.73. The zero-order valence-electron chi connectivity index (χ0n) is 14.7. The molecule has 134 valence electrons. The number of benzene rings is 4. The van der Waals surface area contributed by atoms with Gasteiger partial charge in [0, 0.05) is 25.5 Å². The van der Waals surface area contributed by atoms with Crippen LogP contribution >= 0.6 is 31.9 Å². The molecule has 0 atom stereocenters. The van der Waals surface area contributed by atoms with Crippen molar-refractivity contribution in [1.82, 2.24) is 9.97 Å². The van der Waals surface area contributed by atoms with Gasteiger partial charge in [0.05, 0.1) is 11.2 Å². The zero-order chi connectivity index (χ0) is 19.1. The van der Waals surface area contributed by atoms with Gasteiger partial charge in [0.25, 0.3) is 0 Å². The molecular formula is C24H14Br2N2. The van der Waals surface area contributed by atoms with E-state index in [9.17, 15) is 0 Å². The van der Waals surface area contributed by atoms with Gasteiger partial charge in [-0.3, -0.25) is 0 Å². The van der Waals surface area contributed by atoms with Crippen LogP contribution in [-0.4, -0.2) is 9.97 Å². The molecule has 5 aromatic rings. The summed E-state index contributed by atoms with van der Waals surface area (Å²) in [6, 6.07) is 29.0. The molecule has 4 heteroatoms. The lowest BCUT2D eigenvalue weighted by atomic mass is 10.00. The van der Waals surface area contributed by atoms with Gasteiger partial charge in [-0.1, -0.05) is 86.5 Å². The molecule has 28 heavy (non-hydrogen) atoms. The van der Waals surface area contributed by atoms with Crippen LogP contribution in [0.1, 0.15) is 0 Å². The van der Waals surface area contributed by atoms with E-state index >= 15 is 0 Å². The van der Waals surface area contributed by atoms with Gasteiger partial charge in [0.1, 0.15) is 0 Å². The van der Waals surface area contributed by atoms with Crippen molar-refractivity contribution < 1.29 is 0 Å². The summed E-state index contributed by atoms with van der Waals surface area (Å²) >= 11 is 7.08. The Hall–Kier alpha value is -2.56. The normalized spacial score (nSPS) is 11.2. The van der Waals surface area contributed by atoms with Crippen molar-refractivity contribution in [3.8, 4) is 22.6 Å². The molecule has 0 saturated carbocycles. The summed E-state index contributed by atoms with van der Waals surface area (Å²) in [5.41, 5.74) is 3.96. The van der Waals surface area contributed by atoms with Gasteiger partial charge < -0.3 is 0 Å². The van der Waals surface area contributed by atoms with E-state index in [0.717, 1.165) is 42.5 Å². The minimum atomic E-state index is 0.724. The first-order valence-electron chi connectivity index (χ1n) is 8.90. The van der Waals surface area contributed by atoms with Crippen LogP contribution in [0.4, 0.5) is 0 Å². The molecule has 0 amide bonds. The number of nitrogens with zero attached hydrogens (tertiary/aromatic N) is 2. The summed E-state index contributed by atoms with van der Waals surface area (Å²) in [6.45, 7) is 0. The van der Waals surface area contributed by atoms with Crippen LogP contribution in [0, 0.1) is 0 Å². The number of fused-ring (bicyclic) bond motifs is 3. The molecule has 0 aliphatic heterocycles. The van der Waals surface area contributed by atoms with Crippen LogP contribution < -0.4 is 0 Å². The summed E-state index contributed by atoms with van der Waals surface area (Å²) in [5, 5.41) is 3.44. The largest absolute Gasteiger partial charge is 0.228 e. The Bertz CT molecular complexity index is 1330. The highest BCUT2D eigenvalue weighted by molar-refractivity contribution is 9.10. The fourth-order valence-corrected chi connectivity index (χ4v) is 4.14. The maximum absolute atomic E-state index is 5.02. The molecule has 0 radical (unpaired) electrons. The quantitative estimate of drug-likeness (QED) is 0.238. The summed E-state index contributed by atoms with van der Waals surface area (Å²) in [4.78, 5) is 9.91. The molecule has 0 spiro atoms. The van der Waals surface area contributed by atoms with Crippen LogP contribution in [-0.2, 0) is 0 Å². The Labute approximate surface area is 179 Å². The van der Waals surface area contributed by atoms with Gasteiger partial charge in [-0.2, -0.15) is 0 Å². The Morgan fingerprint density at radius 3 is 2.25 bits per heavy atom. The highest BCUT2D eigenvalue weighted by Crippen LogP contribution is 2.35. The van der Waals surface area contributed by atoms with E-state index in [2.05, 4.69) is 80.4 Å². The third-order valence-corrected chi connectivity index (χ3v) is 5.81. The molecule has 4 aromatic carbocycles. The topological polar surface area (TPSA) is 25.8 Å². The Morgan fingerprint density at radius 1 is 0.607 bits per heavy atom. The van der Waals surface area contributed by atoms with Crippen molar-refractivity contribution in [2.75, 3.05) is 0 Å². The Kier molecular flexibility index (Phi) is 4.46. The third-order valence-electron chi connectivity index (χ3n) is 4.79. The Balaban J connectivity index is 1.89. The van der Waals surface area contributed by atoms with Crippen LogP contribution in [0.5, 0.6) is 0 Å². The van der Waals surface area contributed by atoms with Crippen LogP contribution in [0.25, 0.3) is 44.3 Å². The maximum Gasteiger partial charge on any atom is 0.160 e. The zero-order valence-corrected chi connectivity index (χ0v) is 17.9. The molecule has 0 aliphatic rings. The monoisotopic (exact) mass is 488 g/mol. The number of rotatable bonds is 2. The fourth-order valence-electron chi connectivity index (χ4n) is 3.48. The number of hydrogen-bond donors (Lipinski definition) is 0. The van der Waals surface area contributed by atoms with Crippen molar-refractivity contribution in [1.29, 1.82) is 0 Å². The lowest BCUT2D eigenvalue weighted by molar-refractivity contribution is 1.23. The van der Waals surface area contributed by atoms with Crippen molar-refractivity contribution in [2.45, 2.75) is 0 Å². The van der Waals surface area contributed by atoms with Gasteiger partial charge in [-0.05, 0) is 41.1 Å². The van der Waals surface area contributed by atoms with Gasteiger partial charge >= 0.3 is 0 Å². The van der Waals surface area contributed by atoms with Crippen LogP contribution in [0.3, 0.4) is 0 Å². The van der Waals surface area contributed by atoms with Gasteiger partial charge in [0.2, 0.25) is 0 Å². The first-order chi connectivity index (χ1) is 13.7. The fraction of sp³-hybridized carbons (Fsp3) is 0. The van der Waals surface area contributed by atoms with Crippen LogP contribution in [0.15, 0.2) is 93.9 Å². The molecule has 5 rings (SSSR count). The maximum atomic E-state index is 5.02. The highest BCUT2D eigenvalue weighted by Gasteiger charge is 2.14. The third kappa shape index (κ3) is 3.13. The standard InChI is InChI=1S/C24H14Br2N2/c25-18-11-8-16(9-12-18)23-22-20-7-2-1-4-15(20)10-13-21(22)27-24(28-23)17-5-3-6-19(26)14-17/h1-14H. The summed E-state index contributed by atoms with van der Waals surface area (Å²) < 4.78 is 2.06. The molecule has 1 heterocycles. The minimum Gasteiger partial charge on any atom is -0.228 e. The predicted molar refractivity (Wildman–Crippen MR) is 123 cm³/mol. The predicted octanol–water partition coefficient (Wildman–Crippen LogP) is 7.64. The van der Waals surface area contributed by atoms with Crippen molar-refractivity contribution in [3.05, 3.63) is 93.9 Å². The molecule has 0 bridgehead atoms. The number of halogens is 2. The van der Waals surface area contributed by atoms with E-state index in [4.69, 9.17) is 9.97 Å². The van der Waals surface area contributed by atoms with Gasteiger partial charge in [0.15, 0.2) is 5.82 Å². The lowest BCUT2D eigenvalue weighted by Crippen LogP contribution is -1.96. The first kappa shape index (κ1) is 17.5. The number of aromatic nitrogens is 2. The smallest absolute Gasteiger partial charge is 0.160 e. The molecular weight excluding hydrogens is 476 g/mol. The van der Waals surface area contributed by atoms with E-state index < -0.39 is 0 Å². The molecule has 0 unspecified atom stereocenters. The minimum absolute atomic E-state index is 0.724. The van der Waals surface area contributed by atoms with E-state index in [1.165, 1.54) is 10.8 Å². The summed E-state index contributed by atoms with van der Waals surface area (Å²) in [5.74, 6) is 0.724. The summed E-state index contributed by atoms with van der Waals surface area (Å²) in [6.07, 6.45) is 0. The molecule has 2 nitrogen and oxygen atoms in total. The number of hydrogen-bond acceptors (Lipinski definition) is 2. The van der Waals surface area contributed by atoms with E-state index in [1.807, 2.05) is 36.4 Å².